The summed E-state index contributed by atoms with van der Waals surface area (Å²) in [5.74, 6) is 0.483. The van der Waals surface area contributed by atoms with Gasteiger partial charge < -0.3 is 20.1 Å². The first-order valence-electron chi connectivity index (χ1n) is 7.92. The molecule has 25 heavy (non-hydrogen) atoms. The van der Waals surface area contributed by atoms with E-state index in [0.29, 0.717) is 24.5 Å². The van der Waals surface area contributed by atoms with E-state index in [1.807, 2.05) is 31.2 Å². The SMILES string of the molecule is Cc1cccc(OCCN(C)C(=O)c2cccc(OCC(N)=O)c2)c1. The number of nitrogens with two attached hydrogens (primary N) is 1. The van der Waals surface area contributed by atoms with Gasteiger partial charge in [-0.15, -0.1) is 0 Å². The fourth-order valence-corrected chi connectivity index (χ4v) is 2.20. The van der Waals surface area contributed by atoms with Crippen molar-refractivity contribution < 1.29 is 19.1 Å². The van der Waals surface area contributed by atoms with Gasteiger partial charge in [0.25, 0.3) is 11.8 Å². The van der Waals surface area contributed by atoms with Crippen molar-refractivity contribution >= 4 is 11.8 Å². The molecule has 0 saturated heterocycles. The Morgan fingerprint density at radius 3 is 2.40 bits per heavy atom. The first-order chi connectivity index (χ1) is 12.0. The number of rotatable bonds is 8. The second-order valence-electron chi connectivity index (χ2n) is 5.67. The molecule has 0 aliphatic carbocycles. The normalized spacial score (nSPS) is 10.2. The van der Waals surface area contributed by atoms with Crippen LogP contribution in [0.5, 0.6) is 11.5 Å². The molecule has 0 aromatic heterocycles. The number of likely N-dealkylation sites (N-methyl/N-ethyl adjacent to an activating group) is 1. The molecular formula is C19H22N2O4. The van der Waals surface area contributed by atoms with Crippen molar-refractivity contribution in [1.29, 1.82) is 0 Å². The maximum absolute atomic E-state index is 12.5. The smallest absolute Gasteiger partial charge is 0.255 e. The topological polar surface area (TPSA) is 81.9 Å². The molecule has 2 N–H and O–H groups in total. The number of carbonyl (C=O) groups is 2. The monoisotopic (exact) mass is 342 g/mol. The van der Waals surface area contributed by atoms with Crippen molar-refractivity contribution in [2.75, 3.05) is 26.8 Å². The van der Waals surface area contributed by atoms with Crippen LogP contribution < -0.4 is 15.2 Å². The molecule has 0 spiro atoms. The lowest BCUT2D eigenvalue weighted by atomic mass is 10.2. The molecule has 2 aromatic carbocycles. The van der Waals surface area contributed by atoms with Crippen LogP contribution in [0, 0.1) is 6.92 Å². The Morgan fingerprint density at radius 2 is 1.72 bits per heavy atom. The fourth-order valence-electron chi connectivity index (χ4n) is 2.20. The Hall–Kier alpha value is -3.02. The lowest BCUT2D eigenvalue weighted by Crippen LogP contribution is -2.30. The Kier molecular flexibility index (Phi) is 6.39. The van der Waals surface area contributed by atoms with Crippen LogP contribution >= 0.6 is 0 Å². The highest BCUT2D eigenvalue weighted by Crippen LogP contribution is 2.15. The average molecular weight is 342 g/mol. The van der Waals surface area contributed by atoms with E-state index in [9.17, 15) is 9.59 Å². The summed E-state index contributed by atoms with van der Waals surface area (Å²) in [5, 5.41) is 0. The van der Waals surface area contributed by atoms with E-state index < -0.39 is 5.91 Å². The van der Waals surface area contributed by atoms with Crippen LogP contribution in [0.1, 0.15) is 15.9 Å². The molecule has 0 bridgehead atoms. The summed E-state index contributed by atoms with van der Waals surface area (Å²) >= 11 is 0. The standard InChI is InChI=1S/C19H22N2O4/c1-14-5-3-7-16(11-14)24-10-9-21(2)19(23)15-6-4-8-17(12-15)25-13-18(20)22/h3-8,11-12H,9-10,13H2,1-2H3,(H2,20,22). The van der Waals surface area contributed by atoms with Crippen LogP contribution in [0.25, 0.3) is 0 Å². The molecule has 2 aromatic rings. The van der Waals surface area contributed by atoms with Gasteiger partial charge in [-0.2, -0.15) is 0 Å². The number of amides is 2. The summed E-state index contributed by atoms with van der Waals surface area (Å²) in [4.78, 5) is 24.8. The maximum Gasteiger partial charge on any atom is 0.255 e. The third-order valence-electron chi connectivity index (χ3n) is 3.49. The van der Waals surface area contributed by atoms with E-state index in [1.165, 1.54) is 0 Å². The van der Waals surface area contributed by atoms with E-state index in [4.69, 9.17) is 15.2 Å². The van der Waals surface area contributed by atoms with Gasteiger partial charge in [0, 0.05) is 12.6 Å². The van der Waals surface area contributed by atoms with Crippen molar-refractivity contribution in [2.45, 2.75) is 6.92 Å². The molecule has 0 unspecified atom stereocenters. The number of hydrogen-bond acceptors (Lipinski definition) is 4. The van der Waals surface area contributed by atoms with E-state index >= 15 is 0 Å². The van der Waals surface area contributed by atoms with E-state index in [-0.39, 0.29) is 12.5 Å². The van der Waals surface area contributed by atoms with Gasteiger partial charge >= 0.3 is 0 Å². The van der Waals surface area contributed by atoms with Crippen LogP contribution in [0.4, 0.5) is 0 Å². The zero-order valence-corrected chi connectivity index (χ0v) is 14.4. The van der Waals surface area contributed by atoms with Gasteiger partial charge in [-0.25, -0.2) is 0 Å². The molecule has 0 heterocycles. The van der Waals surface area contributed by atoms with Gasteiger partial charge in [0.05, 0.1) is 6.54 Å². The summed E-state index contributed by atoms with van der Waals surface area (Å²) in [7, 11) is 1.71. The number of primary amides is 1. The summed E-state index contributed by atoms with van der Waals surface area (Å²) in [6.07, 6.45) is 0. The molecule has 0 radical (unpaired) electrons. The molecule has 0 aliphatic rings. The Morgan fingerprint density at radius 1 is 1.04 bits per heavy atom. The third kappa shape index (κ3) is 5.84. The zero-order valence-electron chi connectivity index (χ0n) is 14.4. The lowest BCUT2D eigenvalue weighted by molar-refractivity contribution is -0.119. The van der Waals surface area contributed by atoms with Crippen LogP contribution in [-0.4, -0.2) is 43.5 Å². The van der Waals surface area contributed by atoms with Gasteiger partial charge in [-0.05, 0) is 42.8 Å². The minimum atomic E-state index is -0.567. The van der Waals surface area contributed by atoms with E-state index in [0.717, 1.165) is 11.3 Å². The average Bonchev–Trinajstić information content (AvgIpc) is 2.59. The van der Waals surface area contributed by atoms with Crippen molar-refractivity contribution in [3.05, 3.63) is 59.7 Å². The number of carbonyl (C=O) groups excluding carboxylic acids is 2. The van der Waals surface area contributed by atoms with Gasteiger partial charge in [0.2, 0.25) is 0 Å². The molecule has 2 amide bonds. The predicted molar refractivity (Wildman–Crippen MR) is 94.8 cm³/mol. The molecular weight excluding hydrogens is 320 g/mol. The van der Waals surface area contributed by atoms with Crippen molar-refractivity contribution in [3.63, 3.8) is 0 Å². The van der Waals surface area contributed by atoms with Crippen LogP contribution in [0.15, 0.2) is 48.5 Å². The first kappa shape index (κ1) is 18.3. The second-order valence-corrected chi connectivity index (χ2v) is 5.67. The number of ether oxygens (including phenoxy) is 2. The molecule has 132 valence electrons. The van der Waals surface area contributed by atoms with E-state index in [2.05, 4.69) is 0 Å². The minimum Gasteiger partial charge on any atom is -0.492 e. The summed E-state index contributed by atoms with van der Waals surface area (Å²) < 4.78 is 10.9. The molecule has 0 saturated carbocycles. The fraction of sp³-hybridized carbons (Fsp3) is 0.263. The summed E-state index contributed by atoms with van der Waals surface area (Å²) in [6.45, 7) is 2.61. The summed E-state index contributed by atoms with van der Waals surface area (Å²) in [6, 6.07) is 14.4. The molecule has 6 nitrogen and oxygen atoms in total. The Labute approximate surface area is 147 Å². The molecule has 0 aliphatic heterocycles. The summed E-state index contributed by atoms with van der Waals surface area (Å²) in [5.41, 5.74) is 6.64. The molecule has 6 heteroatoms. The van der Waals surface area contributed by atoms with Crippen molar-refractivity contribution in [2.24, 2.45) is 5.73 Å². The Bertz CT molecular complexity index is 746. The minimum absolute atomic E-state index is 0.155. The Balaban J connectivity index is 1.88. The van der Waals surface area contributed by atoms with Gasteiger partial charge in [0.15, 0.2) is 6.61 Å². The van der Waals surface area contributed by atoms with Gasteiger partial charge in [0.1, 0.15) is 18.1 Å². The highest BCUT2D eigenvalue weighted by Gasteiger charge is 2.12. The molecule has 0 fully saturated rings. The number of nitrogens with zero attached hydrogens (tertiary/aromatic N) is 1. The third-order valence-corrected chi connectivity index (χ3v) is 3.49. The van der Waals surface area contributed by atoms with Crippen LogP contribution in [0.3, 0.4) is 0 Å². The second kappa shape index (κ2) is 8.73. The largest absolute Gasteiger partial charge is 0.492 e. The zero-order chi connectivity index (χ0) is 18.2. The predicted octanol–water partition coefficient (Wildman–Crippen LogP) is 2.01. The van der Waals surface area contributed by atoms with Crippen LogP contribution in [-0.2, 0) is 4.79 Å². The molecule has 2 rings (SSSR count). The number of aryl methyl sites for hydroxylation is 1. The van der Waals surface area contributed by atoms with Crippen LogP contribution in [0.2, 0.25) is 0 Å². The van der Waals surface area contributed by atoms with Crippen molar-refractivity contribution in [1.82, 2.24) is 4.90 Å². The molecule has 0 atom stereocenters. The number of hydrogen-bond donors (Lipinski definition) is 1. The highest BCUT2D eigenvalue weighted by molar-refractivity contribution is 5.94. The lowest BCUT2D eigenvalue weighted by Gasteiger charge is -2.18. The van der Waals surface area contributed by atoms with Gasteiger partial charge in [-0.1, -0.05) is 18.2 Å². The maximum atomic E-state index is 12.5. The quantitative estimate of drug-likeness (QED) is 0.795. The van der Waals surface area contributed by atoms with Gasteiger partial charge in [-0.3, -0.25) is 9.59 Å². The van der Waals surface area contributed by atoms with E-state index in [1.54, 1.807) is 36.2 Å². The first-order valence-corrected chi connectivity index (χ1v) is 7.92. The number of benzene rings is 2. The highest BCUT2D eigenvalue weighted by atomic mass is 16.5. The van der Waals surface area contributed by atoms with Crippen molar-refractivity contribution in [3.8, 4) is 11.5 Å².